The fraction of sp³-hybridized carbons (Fsp3) is 0.429. The first-order valence-corrected chi connectivity index (χ1v) is 3.12. The van der Waals surface area contributed by atoms with E-state index in [4.69, 9.17) is 20.0 Å². The quantitative estimate of drug-likeness (QED) is 0.476. The van der Waals surface area contributed by atoms with E-state index in [1.807, 2.05) is 0 Å². The molecule has 4 nitrogen and oxygen atoms in total. The highest BCUT2D eigenvalue weighted by Gasteiger charge is 2.21. The van der Waals surface area contributed by atoms with Gasteiger partial charge in [-0.3, -0.25) is 0 Å². The van der Waals surface area contributed by atoms with Gasteiger partial charge in [0.2, 0.25) is 5.57 Å². The normalized spacial score (nSPS) is 21.0. The van der Waals surface area contributed by atoms with E-state index in [0.717, 1.165) is 0 Å². The lowest BCUT2D eigenvalue weighted by molar-refractivity contribution is 0.148. The van der Waals surface area contributed by atoms with Crippen molar-refractivity contribution in [3.05, 3.63) is 11.5 Å². The van der Waals surface area contributed by atoms with E-state index in [2.05, 4.69) is 0 Å². The van der Waals surface area contributed by atoms with Gasteiger partial charge in [-0.25, -0.2) is 0 Å². The maximum atomic E-state index is 8.38. The van der Waals surface area contributed by atoms with Crippen molar-refractivity contribution in [2.24, 2.45) is 0 Å². The molecule has 11 heavy (non-hydrogen) atoms. The van der Waals surface area contributed by atoms with Crippen LogP contribution in [-0.2, 0) is 9.47 Å². The number of nitrogens with zero attached hydrogens (tertiary/aromatic N) is 2. The molecule has 0 aliphatic carbocycles. The summed E-state index contributed by atoms with van der Waals surface area (Å²) in [5, 5.41) is 16.8. The van der Waals surface area contributed by atoms with Gasteiger partial charge in [0.1, 0.15) is 24.8 Å². The Morgan fingerprint density at radius 3 is 2.55 bits per heavy atom. The van der Waals surface area contributed by atoms with Crippen LogP contribution < -0.4 is 0 Å². The molecule has 1 atom stereocenters. The summed E-state index contributed by atoms with van der Waals surface area (Å²) in [7, 11) is 0. The second kappa shape index (κ2) is 2.94. The van der Waals surface area contributed by atoms with Crippen molar-refractivity contribution >= 4 is 0 Å². The fourth-order valence-corrected chi connectivity index (χ4v) is 0.691. The number of ether oxygens (including phenoxy) is 2. The summed E-state index contributed by atoms with van der Waals surface area (Å²) in [5.41, 5.74) is -0.102. The molecule has 0 bridgehead atoms. The zero-order valence-corrected chi connectivity index (χ0v) is 6.00. The lowest BCUT2D eigenvalue weighted by atomic mass is 10.3. The topological polar surface area (TPSA) is 66.0 Å². The number of hydrogen-bond acceptors (Lipinski definition) is 4. The van der Waals surface area contributed by atoms with E-state index >= 15 is 0 Å². The average Bonchev–Trinajstić information content (AvgIpc) is 2.39. The van der Waals surface area contributed by atoms with Crippen LogP contribution in [0.5, 0.6) is 0 Å². The summed E-state index contributed by atoms with van der Waals surface area (Å²) in [4.78, 5) is 0. The molecule has 1 heterocycles. The smallest absolute Gasteiger partial charge is 0.309 e. The Morgan fingerprint density at radius 2 is 2.18 bits per heavy atom. The first-order chi connectivity index (χ1) is 5.27. The third kappa shape index (κ3) is 1.42. The third-order valence-electron chi connectivity index (χ3n) is 1.19. The molecule has 0 aromatic carbocycles. The molecule has 0 spiro atoms. The first-order valence-electron chi connectivity index (χ1n) is 3.12. The summed E-state index contributed by atoms with van der Waals surface area (Å²) in [5.74, 6) is 0.0579. The van der Waals surface area contributed by atoms with Gasteiger partial charge in [0, 0.05) is 0 Å². The van der Waals surface area contributed by atoms with Crippen molar-refractivity contribution in [3.8, 4) is 12.1 Å². The lowest BCUT2D eigenvalue weighted by Gasteiger charge is -1.96. The molecule has 1 fully saturated rings. The van der Waals surface area contributed by atoms with Crippen LogP contribution in [0.15, 0.2) is 11.5 Å². The monoisotopic (exact) mass is 150 g/mol. The predicted molar refractivity (Wildman–Crippen MR) is 34.8 cm³/mol. The van der Waals surface area contributed by atoms with Crippen molar-refractivity contribution in [1.29, 1.82) is 10.5 Å². The molecule has 0 aromatic heterocycles. The first kappa shape index (κ1) is 7.43. The van der Waals surface area contributed by atoms with E-state index < -0.39 is 0 Å². The Labute approximate surface area is 64.2 Å². The van der Waals surface area contributed by atoms with Gasteiger partial charge in [-0.15, -0.1) is 0 Å². The molecule has 1 aliphatic rings. The largest absolute Gasteiger partial charge is 0.460 e. The zero-order chi connectivity index (χ0) is 8.27. The second-order valence-corrected chi connectivity index (χ2v) is 2.13. The number of hydrogen-bond donors (Lipinski definition) is 0. The SMILES string of the molecule is CC1COC(=C(C#N)C#N)O1. The van der Waals surface area contributed by atoms with Gasteiger partial charge >= 0.3 is 5.95 Å². The van der Waals surface area contributed by atoms with Crippen LogP contribution in [0.1, 0.15) is 6.92 Å². The molecule has 1 unspecified atom stereocenters. The lowest BCUT2D eigenvalue weighted by Crippen LogP contribution is -2.00. The van der Waals surface area contributed by atoms with Crippen LogP contribution in [0.4, 0.5) is 0 Å². The summed E-state index contributed by atoms with van der Waals surface area (Å²) in [6.07, 6.45) is -0.0679. The molecule has 1 aliphatic heterocycles. The Kier molecular flexibility index (Phi) is 1.98. The standard InChI is InChI=1S/C7H6N2O2/c1-5-4-10-7(11-5)6(2-8)3-9/h5H,4H2,1H3. The van der Waals surface area contributed by atoms with Crippen molar-refractivity contribution in [2.45, 2.75) is 13.0 Å². The third-order valence-corrected chi connectivity index (χ3v) is 1.19. The zero-order valence-electron chi connectivity index (χ0n) is 6.00. The van der Waals surface area contributed by atoms with Crippen molar-refractivity contribution in [3.63, 3.8) is 0 Å². The van der Waals surface area contributed by atoms with E-state index in [0.29, 0.717) is 6.61 Å². The summed E-state index contributed by atoms with van der Waals surface area (Å²) >= 11 is 0. The van der Waals surface area contributed by atoms with E-state index in [1.54, 1.807) is 19.1 Å². The summed E-state index contributed by atoms with van der Waals surface area (Å²) in [6.45, 7) is 2.21. The average molecular weight is 150 g/mol. The van der Waals surface area contributed by atoms with Crippen LogP contribution in [0.25, 0.3) is 0 Å². The highest BCUT2D eigenvalue weighted by Crippen LogP contribution is 2.17. The highest BCUT2D eigenvalue weighted by atomic mass is 16.7. The molecular formula is C7H6N2O2. The van der Waals surface area contributed by atoms with Gasteiger partial charge in [0.25, 0.3) is 0 Å². The highest BCUT2D eigenvalue weighted by molar-refractivity contribution is 5.36. The van der Waals surface area contributed by atoms with Gasteiger partial charge in [-0.1, -0.05) is 0 Å². The predicted octanol–water partition coefficient (Wildman–Crippen LogP) is 0.680. The summed E-state index contributed by atoms with van der Waals surface area (Å²) in [6, 6.07) is 3.37. The van der Waals surface area contributed by atoms with Crippen molar-refractivity contribution in [2.75, 3.05) is 6.61 Å². The Morgan fingerprint density at radius 1 is 1.55 bits per heavy atom. The maximum Gasteiger partial charge on any atom is 0.309 e. The Hall–Kier alpha value is -1.68. The van der Waals surface area contributed by atoms with Crippen LogP contribution >= 0.6 is 0 Å². The minimum atomic E-state index is -0.102. The number of nitriles is 2. The summed E-state index contributed by atoms with van der Waals surface area (Å²) < 4.78 is 9.94. The van der Waals surface area contributed by atoms with Gasteiger partial charge in [-0.2, -0.15) is 10.5 Å². The second-order valence-electron chi connectivity index (χ2n) is 2.13. The van der Waals surface area contributed by atoms with Crippen LogP contribution in [0.2, 0.25) is 0 Å². The molecule has 1 rings (SSSR count). The minimum absolute atomic E-state index is 0.0579. The van der Waals surface area contributed by atoms with Gasteiger partial charge in [-0.05, 0) is 6.92 Å². The number of allylic oxidation sites excluding steroid dienone is 1. The molecular weight excluding hydrogens is 144 g/mol. The molecule has 1 saturated heterocycles. The van der Waals surface area contributed by atoms with Crippen LogP contribution in [0, 0.1) is 22.7 Å². The van der Waals surface area contributed by atoms with Gasteiger partial charge < -0.3 is 9.47 Å². The maximum absolute atomic E-state index is 8.38. The van der Waals surface area contributed by atoms with Crippen molar-refractivity contribution < 1.29 is 9.47 Å². The Balaban J connectivity index is 2.83. The van der Waals surface area contributed by atoms with E-state index in [9.17, 15) is 0 Å². The van der Waals surface area contributed by atoms with Gasteiger partial charge in [0.05, 0.1) is 0 Å². The van der Waals surface area contributed by atoms with Crippen LogP contribution in [0.3, 0.4) is 0 Å². The Bertz CT molecular complexity index is 253. The molecule has 0 radical (unpaired) electrons. The molecule has 0 amide bonds. The van der Waals surface area contributed by atoms with E-state index in [-0.39, 0.29) is 17.6 Å². The molecule has 0 saturated carbocycles. The molecule has 4 heteroatoms. The fourth-order valence-electron chi connectivity index (χ4n) is 0.691. The number of rotatable bonds is 0. The molecule has 0 aromatic rings. The molecule has 0 N–H and O–H groups in total. The van der Waals surface area contributed by atoms with Gasteiger partial charge in [0.15, 0.2) is 0 Å². The minimum Gasteiger partial charge on any atom is -0.460 e. The van der Waals surface area contributed by atoms with Crippen LogP contribution in [-0.4, -0.2) is 12.7 Å². The molecule has 56 valence electrons. The van der Waals surface area contributed by atoms with Crippen molar-refractivity contribution in [1.82, 2.24) is 0 Å². The van der Waals surface area contributed by atoms with E-state index in [1.165, 1.54) is 0 Å².